The maximum atomic E-state index is 5.23. The zero-order chi connectivity index (χ0) is 11.9. The first kappa shape index (κ1) is 16.3. The van der Waals surface area contributed by atoms with E-state index in [0.717, 1.165) is 12.4 Å². The van der Waals surface area contributed by atoms with Crippen LogP contribution in [0.3, 0.4) is 0 Å². The van der Waals surface area contributed by atoms with Crippen molar-refractivity contribution in [3.63, 3.8) is 0 Å². The van der Waals surface area contributed by atoms with E-state index in [1.54, 1.807) is 7.11 Å². The molecule has 98 valence electrons. The molecule has 0 aliphatic carbocycles. The average molecular weight is 248 g/mol. The lowest BCUT2D eigenvalue weighted by atomic mass is 10.1. The smallest absolute Gasteiger partial charge is 0.146 e. The van der Waals surface area contributed by atoms with Crippen molar-refractivity contribution in [1.82, 2.24) is 0 Å². The molecule has 0 unspecified atom stereocenters. The van der Waals surface area contributed by atoms with Crippen LogP contribution >= 0.6 is 12.6 Å². The summed E-state index contributed by atoms with van der Waals surface area (Å²) in [5, 5.41) is 0. The monoisotopic (exact) mass is 248 g/mol. The van der Waals surface area contributed by atoms with Gasteiger partial charge in [0.2, 0.25) is 0 Å². The van der Waals surface area contributed by atoms with Crippen molar-refractivity contribution < 1.29 is 9.47 Å². The predicted molar refractivity (Wildman–Crippen MR) is 73.2 cm³/mol. The van der Waals surface area contributed by atoms with Gasteiger partial charge < -0.3 is 9.47 Å². The molecule has 0 N–H and O–H groups in total. The van der Waals surface area contributed by atoms with Crippen LogP contribution in [0.1, 0.15) is 57.8 Å². The lowest BCUT2D eigenvalue weighted by molar-refractivity contribution is -0.0315. The van der Waals surface area contributed by atoms with Gasteiger partial charge in [-0.25, -0.2) is 0 Å². The molecule has 0 aromatic rings. The lowest BCUT2D eigenvalue weighted by Gasteiger charge is -2.03. The minimum Gasteiger partial charge on any atom is -0.359 e. The fraction of sp³-hybridized carbons (Fsp3) is 1.00. The van der Waals surface area contributed by atoms with E-state index in [9.17, 15) is 0 Å². The van der Waals surface area contributed by atoms with Crippen LogP contribution in [0.5, 0.6) is 0 Å². The Bertz CT molecular complexity index is 107. The first-order valence-corrected chi connectivity index (χ1v) is 7.22. The fourth-order valence-corrected chi connectivity index (χ4v) is 1.92. The van der Waals surface area contributed by atoms with Gasteiger partial charge in [0.25, 0.3) is 0 Å². The summed E-state index contributed by atoms with van der Waals surface area (Å²) < 4.78 is 10.0. The molecule has 0 heterocycles. The van der Waals surface area contributed by atoms with Crippen molar-refractivity contribution in [2.24, 2.45) is 0 Å². The van der Waals surface area contributed by atoms with E-state index < -0.39 is 0 Å². The van der Waals surface area contributed by atoms with Crippen LogP contribution < -0.4 is 0 Å². The molecule has 0 spiro atoms. The fourth-order valence-electron chi connectivity index (χ4n) is 1.70. The second kappa shape index (κ2) is 15.3. The van der Waals surface area contributed by atoms with E-state index in [2.05, 4.69) is 12.6 Å². The minimum atomic E-state index is 0.436. The van der Waals surface area contributed by atoms with Gasteiger partial charge in [-0.3, -0.25) is 0 Å². The number of hydrogen-bond acceptors (Lipinski definition) is 3. The Kier molecular flexibility index (Phi) is 15.5. The molecule has 0 aliphatic heterocycles. The standard InChI is InChI=1S/C13H28O2S/c1-14-13-15-11-9-7-5-3-2-4-6-8-10-12-16/h16H,2-13H2,1H3. The molecule has 0 atom stereocenters. The third kappa shape index (κ3) is 14.3. The van der Waals surface area contributed by atoms with Gasteiger partial charge in [-0.1, -0.05) is 44.9 Å². The maximum absolute atomic E-state index is 5.23. The largest absolute Gasteiger partial charge is 0.359 e. The molecule has 0 fully saturated rings. The molecule has 0 saturated heterocycles. The van der Waals surface area contributed by atoms with Gasteiger partial charge in [-0.05, 0) is 18.6 Å². The molecular formula is C13H28O2S. The first-order chi connectivity index (χ1) is 7.91. The topological polar surface area (TPSA) is 18.5 Å². The van der Waals surface area contributed by atoms with Crippen LogP contribution in [0.25, 0.3) is 0 Å². The molecule has 2 nitrogen and oxygen atoms in total. The van der Waals surface area contributed by atoms with E-state index >= 15 is 0 Å². The zero-order valence-corrected chi connectivity index (χ0v) is 11.6. The zero-order valence-electron chi connectivity index (χ0n) is 10.7. The lowest BCUT2D eigenvalue weighted by Crippen LogP contribution is -1.98. The number of unbranched alkanes of at least 4 members (excludes halogenated alkanes) is 8. The molecule has 0 bridgehead atoms. The SMILES string of the molecule is COCOCCCCCCCCCCCS. The molecule has 0 saturated carbocycles. The summed E-state index contributed by atoms with van der Waals surface area (Å²) in [7, 11) is 1.66. The Labute approximate surface area is 107 Å². The van der Waals surface area contributed by atoms with Crippen molar-refractivity contribution in [3.8, 4) is 0 Å². The number of hydrogen-bond donors (Lipinski definition) is 1. The molecule has 16 heavy (non-hydrogen) atoms. The minimum absolute atomic E-state index is 0.436. The van der Waals surface area contributed by atoms with Gasteiger partial charge in [0.05, 0.1) is 0 Å². The van der Waals surface area contributed by atoms with Gasteiger partial charge in [0, 0.05) is 13.7 Å². The van der Waals surface area contributed by atoms with Gasteiger partial charge in [0.1, 0.15) is 6.79 Å². The van der Waals surface area contributed by atoms with E-state index in [0.29, 0.717) is 6.79 Å². The van der Waals surface area contributed by atoms with Crippen molar-refractivity contribution in [1.29, 1.82) is 0 Å². The molecule has 0 radical (unpaired) electrons. The number of rotatable bonds is 13. The molecule has 0 amide bonds. The molecule has 0 aliphatic rings. The van der Waals surface area contributed by atoms with E-state index in [1.165, 1.54) is 57.8 Å². The maximum Gasteiger partial charge on any atom is 0.146 e. The summed E-state index contributed by atoms with van der Waals surface area (Å²) >= 11 is 4.21. The predicted octanol–water partition coefficient (Wildman–Crippen LogP) is 4.05. The van der Waals surface area contributed by atoms with E-state index in [-0.39, 0.29) is 0 Å². The normalized spacial score (nSPS) is 10.9. The third-order valence-electron chi connectivity index (χ3n) is 2.65. The molecule has 0 rings (SSSR count). The number of ether oxygens (including phenoxy) is 2. The summed E-state index contributed by atoms with van der Waals surface area (Å²) in [6.07, 6.45) is 12.0. The first-order valence-electron chi connectivity index (χ1n) is 6.59. The van der Waals surface area contributed by atoms with E-state index in [1.807, 2.05) is 0 Å². The van der Waals surface area contributed by atoms with Crippen LogP contribution in [-0.4, -0.2) is 26.3 Å². The average Bonchev–Trinajstić information content (AvgIpc) is 2.31. The highest BCUT2D eigenvalue weighted by molar-refractivity contribution is 7.80. The molecule has 0 aromatic heterocycles. The highest BCUT2D eigenvalue weighted by Crippen LogP contribution is 2.09. The Morgan fingerprint density at radius 1 is 0.750 bits per heavy atom. The van der Waals surface area contributed by atoms with Crippen LogP contribution in [0.4, 0.5) is 0 Å². The van der Waals surface area contributed by atoms with Gasteiger partial charge in [-0.15, -0.1) is 0 Å². The summed E-state index contributed by atoms with van der Waals surface area (Å²) in [4.78, 5) is 0. The quantitative estimate of drug-likeness (QED) is 0.301. The summed E-state index contributed by atoms with van der Waals surface area (Å²) in [5.74, 6) is 1.04. The second-order valence-electron chi connectivity index (χ2n) is 4.22. The number of methoxy groups -OCH3 is 1. The van der Waals surface area contributed by atoms with Crippen LogP contribution in [-0.2, 0) is 9.47 Å². The van der Waals surface area contributed by atoms with Crippen LogP contribution in [0.15, 0.2) is 0 Å². The van der Waals surface area contributed by atoms with Crippen molar-refractivity contribution >= 4 is 12.6 Å². The van der Waals surface area contributed by atoms with Crippen molar-refractivity contribution in [2.75, 3.05) is 26.3 Å². The summed E-state index contributed by atoms with van der Waals surface area (Å²) in [6.45, 7) is 1.28. The van der Waals surface area contributed by atoms with Gasteiger partial charge in [-0.2, -0.15) is 12.6 Å². The summed E-state index contributed by atoms with van der Waals surface area (Å²) in [6, 6.07) is 0. The van der Waals surface area contributed by atoms with Crippen molar-refractivity contribution in [3.05, 3.63) is 0 Å². The molecule has 3 heteroatoms. The highest BCUT2D eigenvalue weighted by atomic mass is 32.1. The number of thiol groups is 1. The molecule has 0 aromatic carbocycles. The van der Waals surface area contributed by atoms with Gasteiger partial charge >= 0.3 is 0 Å². The van der Waals surface area contributed by atoms with Crippen LogP contribution in [0, 0.1) is 0 Å². The summed E-state index contributed by atoms with van der Waals surface area (Å²) in [5.41, 5.74) is 0. The Balaban J connectivity index is 2.83. The van der Waals surface area contributed by atoms with Gasteiger partial charge in [0.15, 0.2) is 0 Å². The Morgan fingerprint density at radius 2 is 1.25 bits per heavy atom. The Hall–Kier alpha value is 0.270. The van der Waals surface area contributed by atoms with Crippen molar-refractivity contribution in [2.45, 2.75) is 57.8 Å². The highest BCUT2D eigenvalue weighted by Gasteiger charge is 1.92. The van der Waals surface area contributed by atoms with E-state index in [4.69, 9.17) is 9.47 Å². The Morgan fingerprint density at radius 3 is 1.75 bits per heavy atom. The molecular weight excluding hydrogens is 220 g/mol. The third-order valence-corrected chi connectivity index (χ3v) is 2.96. The second-order valence-corrected chi connectivity index (χ2v) is 4.67. The van der Waals surface area contributed by atoms with Crippen LogP contribution in [0.2, 0.25) is 0 Å².